The standard InChI is InChI=1S/C17H20ClN3O2/c1-11-8-17(23)16(19-6-7-22)10-15(11)20-14-5-4-12(21(2)3)9-13(14)18/h4-5,8-9,22H,6-7,10H2,1-3H3. The second kappa shape index (κ2) is 7.53. The van der Waals surface area contributed by atoms with E-state index in [1.165, 1.54) is 6.08 Å². The molecule has 0 spiro atoms. The second-order valence-corrected chi connectivity index (χ2v) is 5.92. The van der Waals surface area contributed by atoms with E-state index < -0.39 is 0 Å². The van der Waals surface area contributed by atoms with Gasteiger partial charge in [-0.1, -0.05) is 11.6 Å². The van der Waals surface area contributed by atoms with Crippen LogP contribution in [-0.2, 0) is 4.79 Å². The van der Waals surface area contributed by atoms with Gasteiger partial charge in [0.1, 0.15) is 0 Å². The van der Waals surface area contributed by atoms with Gasteiger partial charge >= 0.3 is 0 Å². The molecular weight excluding hydrogens is 314 g/mol. The first kappa shape index (κ1) is 17.4. The highest BCUT2D eigenvalue weighted by atomic mass is 35.5. The normalized spacial score (nSPS) is 18.5. The number of hydrogen-bond acceptors (Lipinski definition) is 5. The van der Waals surface area contributed by atoms with Crippen molar-refractivity contribution in [2.24, 2.45) is 9.98 Å². The minimum Gasteiger partial charge on any atom is -0.394 e. The molecule has 0 unspecified atom stereocenters. The molecular formula is C17H20ClN3O2. The van der Waals surface area contributed by atoms with Gasteiger partial charge in [0.15, 0.2) is 5.78 Å². The fraction of sp³-hybridized carbons (Fsp3) is 0.353. The molecule has 0 bridgehead atoms. The molecule has 122 valence electrons. The summed E-state index contributed by atoms with van der Waals surface area (Å²) in [6.07, 6.45) is 1.88. The van der Waals surface area contributed by atoms with E-state index in [4.69, 9.17) is 16.7 Å². The zero-order chi connectivity index (χ0) is 17.0. The molecule has 23 heavy (non-hydrogen) atoms. The molecule has 0 heterocycles. The average Bonchev–Trinajstić information content (AvgIpc) is 2.50. The van der Waals surface area contributed by atoms with Crippen molar-refractivity contribution in [2.45, 2.75) is 13.3 Å². The second-order valence-electron chi connectivity index (χ2n) is 5.51. The minimum absolute atomic E-state index is 0.0796. The zero-order valence-electron chi connectivity index (χ0n) is 13.5. The first-order valence-corrected chi connectivity index (χ1v) is 7.71. The quantitative estimate of drug-likeness (QED) is 0.921. The van der Waals surface area contributed by atoms with E-state index in [9.17, 15) is 4.79 Å². The Kier molecular flexibility index (Phi) is 5.69. The predicted molar refractivity (Wildman–Crippen MR) is 95.6 cm³/mol. The number of benzene rings is 1. The van der Waals surface area contributed by atoms with Crippen molar-refractivity contribution in [2.75, 3.05) is 32.1 Å². The van der Waals surface area contributed by atoms with E-state index in [0.29, 0.717) is 22.8 Å². The minimum atomic E-state index is -0.121. The summed E-state index contributed by atoms with van der Waals surface area (Å²) in [6.45, 7) is 1.99. The van der Waals surface area contributed by atoms with Crippen molar-refractivity contribution < 1.29 is 9.90 Å². The molecule has 1 aromatic rings. The molecule has 0 aliphatic heterocycles. The third-order valence-electron chi connectivity index (χ3n) is 3.53. The number of nitrogens with zero attached hydrogens (tertiary/aromatic N) is 3. The van der Waals surface area contributed by atoms with E-state index in [1.54, 1.807) is 0 Å². The summed E-state index contributed by atoms with van der Waals surface area (Å²) in [5.41, 5.74) is 3.65. The maximum atomic E-state index is 11.9. The number of allylic oxidation sites excluding steroid dienone is 2. The lowest BCUT2D eigenvalue weighted by molar-refractivity contribution is -0.109. The molecule has 0 fully saturated rings. The molecule has 2 rings (SSSR count). The molecule has 6 heteroatoms. The number of halogens is 1. The number of aliphatic hydroxyl groups excluding tert-OH is 1. The van der Waals surface area contributed by atoms with Gasteiger partial charge in [-0.25, -0.2) is 0 Å². The lowest BCUT2D eigenvalue weighted by Gasteiger charge is -2.16. The zero-order valence-corrected chi connectivity index (χ0v) is 14.3. The molecule has 1 aromatic carbocycles. The number of aliphatic imine (C=N–C) groups is 2. The van der Waals surface area contributed by atoms with Gasteiger partial charge in [-0.3, -0.25) is 14.8 Å². The highest BCUT2D eigenvalue weighted by Gasteiger charge is 2.20. The van der Waals surface area contributed by atoms with E-state index in [0.717, 1.165) is 17.0 Å². The van der Waals surface area contributed by atoms with E-state index >= 15 is 0 Å². The van der Waals surface area contributed by atoms with Crippen molar-refractivity contribution in [3.8, 4) is 0 Å². The number of anilines is 1. The van der Waals surface area contributed by atoms with Gasteiger partial charge in [0.05, 0.1) is 35.3 Å². The van der Waals surface area contributed by atoms with Crippen molar-refractivity contribution >= 4 is 40.2 Å². The van der Waals surface area contributed by atoms with Gasteiger partial charge in [-0.15, -0.1) is 0 Å². The summed E-state index contributed by atoms with van der Waals surface area (Å²) in [5, 5.41) is 9.42. The summed E-state index contributed by atoms with van der Waals surface area (Å²) in [6, 6.07) is 5.66. The fourth-order valence-electron chi connectivity index (χ4n) is 2.20. The highest BCUT2D eigenvalue weighted by molar-refractivity contribution is 6.50. The summed E-state index contributed by atoms with van der Waals surface area (Å²) < 4.78 is 0. The van der Waals surface area contributed by atoms with E-state index in [-0.39, 0.29) is 18.9 Å². The van der Waals surface area contributed by atoms with Crippen molar-refractivity contribution in [1.29, 1.82) is 0 Å². The number of rotatable bonds is 4. The van der Waals surface area contributed by atoms with Crippen LogP contribution >= 0.6 is 11.6 Å². The van der Waals surface area contributed by atoms with E-state index in [2.05, 4.69) is 9.98 Å². The monoisotopic (exact) mass is 333 g/mol. The van der Waals surface area contributed by atoms with Crippen LogP contribution in [0.25, 0.3) is 0 Å². The number of ketones is 1. The summed E-state index contributed by atoms with van der Waals surface area (Å²) in [5.74, 6) is -0.121. The van der Waals surface area contributed by atoms with Crippen LogP contribution in [0.2, 0.25) is 5.02 Å². The van der Waals surface area contributed by atoms with Crippen molar-refractivity contribution in [1.82, 2.24) is 0 Å². The Bertz CT molecular complexity index is 706. The Morgan fingerprint density at radius 2 is 2.04 bits per heavy atom. The Hall–Kier alpha value is -1.98. The molecule has 0 saturated carbocycles. The summed E-state index contributed by atoms with van der Waals surface area (Å²) in [4.78, 5) is 22.6. The molecule has 1 aliphatic carbocycles. The molecule has 0 saturated heterocycles. The highest BCUT2D eigenvalue weighted by Crippen LogP contribution is 2.30. The van der Waals surface area contributed by atoms with Gasteiger partial charge in [0, 0.05) is 26.2 Å². The molecule has 1 N–H and O–H groups in total. The smallest absolute Gasteiger partial charge is 0.200 e. The molecule has 1 aliphatic rings. The van der Waals surface area contributed by atoms with Crippen molar-refractivity contribution in [3.63, 3.8) is 0 Å². The summed E-state index contributed by atoms with van der Waals surface area (Å²) in [7, 11) is 3.89. The van der Waals surface area contributed by atoms with Crippen LogP contribution in [0.5, 0.6) is 0 Å². The van der Waals surface area contributed by atoms with Gasteiger partial charge in [0.25, 0.3) is 0 Å². The molecule has 0 atom stereocenters. The Morgan fingerprint density at radius 1 is 1.30 bits per heavy atom. The maximum absolute atomic E-state index is 11.9. The lowest BCUT2D eigenvalue weighted by atomic mass is 9.95. The summed E-state index contributed by atoms with van der Waals surface area (Å²) >= 11 is 6.31. The van der Waals surface area contributed by atoms with Gasteiger partial charge in [-0.2, -0.15) is 0 Å². The number of carbonyl (C=O) groups excluding carboxylic acids is 1. The van der Waals surface area contributed by atoms with Crippen LogP contribution in [0.3, 0.4) is 0 Å². The fourth-order valence-corrected chi connectivity index (χ4v) is 2.42. The van der Waals surface area contributed by atoms with Gasteiger partial charge in [-0.05, 0) is 36.8 Å². The van der Waals surface area contributed by atoms with Crippen molar-refractivity contribution in [3.05, 3.63) is 34.9 Å². The first-order valence-electron chi connectivity index (χ1n) is 7.34. The van der Waals surface area contributed by atoms with Crippen LogP contribution in [0.4, 0.5) is 11.4 Å². The maximum Gasteiger partial charge on any atom is 0.200 e. The molecule has 5 nitrogen and oxygen atoms in total. The Balaban J connectivity index is 2.35. The van der Waals surface area contributed by atoms with Crippen LogP contribution in [-0.4, -0.2) is 49.6 Å². The Labute approximate surface area is 141 Å². The topological polar surface area (TPSA) is 65.3 Å². The van der Waals surface area contributed by atoms with Crippen LogP contribution in [0, 0.1) is 0 Å². The van der Waals surface area contributed by atoms with Gasteiger partial charge < -0.3 is 10.0 Å². The number of hydrogen-bond donors (Lipinski definition) is 1. The van der Waals surface area contributed by atoms with E-state index in [1.807, 2.05) is 44.1 Å². The first-order chi connectivity index (χ1) is 10.9. The Morgan fingerprint density at radius 3 is 2.65 bits per heavy atom. The van der Waals surface area contributed by atoms with Crippen LogP contribution in [0.15, 0.2) is 39.8 Å². The molecule has 0 aromatic heterocycles. The SMILES string of the molecule is CC1=CC(=O)C(=NCCO)CC1=Nc1ccc(N(C)C)cc1Cl. The lowest BCUT2D eigenvalue weighted by Crippen LogP contribution is -2.24. The van der Waals surface area contributed by atoms with Crippen LogP contribution in [0.1, 0.15) is 13.3 Å². The number of carbonyl (C=O) groups is 1. The largest absolute Gasteiger partial charge is 0.394 e. The third-order valence-corrected chi connectivity index (χ3v) is 3.83. The van der Waals surface area contributed by atoms with Gasteiger partial charge in [0.2, 0.25) is 0 Å². The number of aliphatic hydroxyl groups is 1. The predicted octanol–water partition coefficient (Wildman–Crippen LogP) is 2.83. The molecule has 0 radical (unpaired) electrons. The van der Waals surface area contributed by atoms with Crippen LogP contribution < -0.4 is 4.90 Å². The third kappa shape index (κ3) is 4.27. The average molecular weight is 334 g/mol. The molecule has 0 amide bonds.